The SMILES string of the molecule is CC(C)(C)CN(CC(F)F)[C@@H](C(N)=O)C(=O)Nc1ccc(N2CCOCC2=O)c(F)c1. The molecule has 0 spiro atoms. The first-order valence-electron chi connectivity index (χ1n) is 9.69. The number of halogens is 3. The fraction of sp³-hybridized carbons (Fsp3) is 0.550. The normalized spacial score (nSPS) is 16.0. The minimum Gasteiger partial charge on any atom is -0.370 e. The Balaban J connectivity index is 2.22. The van der Waals surface area contributed by atoms with E-state index in [1.54, 1.807) is 20.8 Å². The van der Waals surface area contributed by atoms with Crippen LogP contribution >= 0.6 is 0 Å². The molecule has 11 heteroatoms. The Morgan fingerprint density at radius 2 is 2.00 bits per heavy atom. The van der Waals surface area contributed by atoms with E-state index in [1.807, 2.05) is 0 Å². The Hall–Kier alpha value is -2.66. The molecule has 0 bridgehead atoms. The Bertz CT molecular complexity index is 829. The van der Waals surface area contributed by atoms with Crippen molar-refractivity contribution in [2.45, 2.75) is 33.2 Å². The van der Waals surface area contributed by atoms with Crippen LogP contribution in [-0.4, -0.2) is 67.9 Å². The van der Waals surface area contributed by atoms with E-state index in [1.165, 1.54) is 17.0 Å². The third-order valence-electron chi connectivity index (χ3n) is 4.42. The number of hydrogen-bond acceptors (Lipinski definition) is 5. The molecule has 2 rings (SSSR count). The Morgan fingerprint density at radius 1 is 1.32 bits per heavy atom. The maximum absolute atomic E-state index is 14.6. The molecule has 1 fully saturated rings. The summed E-state index contributed by atoms with van der Waals surface area (Å²) >= 11 is 0. The van der Waals surface area contributed by atoms with Crippen molar-refractivity contribution in [1.29, 1.82) is 0 Å². The molecule has 1 aliphatic heterocycles. The van der Waals surface area contributed by atoms with Gasteiger partial charge in [-0.25, -0.2) is 13.2 Å². The van der Waals surface area contributed by atoms with Gasteiger partial charge in [0, 0.05) is 18.8 Å². The van der Waals surface area contributed by atoms with Crippen molar-refractivity contribution in [1.82, 2.24) is 4.90 Å². The second-order valence-electron chi connectivity index (χ2n) is 8.44. The second kappa shape index (κ2) is 10.1. The van der Waals surface area contributed by atoms with E-state index in [4.69, 9.17) is 10.5 Å². The topological polar surface area (TPSA) is 105 Å². The predicted molar refractivity (Wildman–Crippen MR) is 108 cm³/mol. The lowest BCUT2D eigenvalue weighted by Crippen LogP contribution is -2.55. The Kier molecular flexibility index (Phi) is 8.02. The average molecular weight is 444 g/mol. The largest absolute Gasteiger partial charge is 0.370 e. The number of nitrogens with two attached hydrogens (primary N) is 1. The molecule has 3 amide bonds. The molecule has 1 aromatic carbocycles. The lowest BCUT2D eigenvalue weighted by molar-refractivity contribution is -0.134. The van der Waals surface area contributed by atoms with Crippen LogP contribution in [0.1, 0.15) is 20.8 Å². The number of amides is 3. The summed E-state index contributed by atoms with van der Waals surface area (Å²) in [5.74, 6) is -3.23. The highest BCUT2D eigenvalue weighted by Crippen LogP contribution is 2.25. The molecule has 1 saturated heterocycles. The van der Waals surface area contributed by atoms with Crippen LogP contribution in [-0.2, 0) is 19.1 Å². The lowest BCUT2D eigenvalue weighted by atomic mass is 9.95. The summed E-state index contributed by atoms with van der Waals surface area (Å²) in [7, 11) is 0. The number of hydrogen-bond donors (Lipinski definition) is 2. The molecule has 1 atom stereocenters. The molecular weight excluding hydrogens is 417 g/mol. The van der Waals surface area contributed by atoms with E-state index >= 15 is 0 Å². The molecule has 1 heterocycles. The van der Waals surface area contributed by atoms with Gasteiger partial charge in [-0.15, -0.1) is 0 Å². The van der Waals surface area contributed by atoms with Crippen LogP contribution in [0, 0.1) is 11.2 Å². The molecule has 172 valence electrons. The van der Waals surface area contributed by atoms with Gasteiger partial charge in [0.05, 0.1) is 18.8 Å². The number of nitrogens with zero attached hydrogens (tertiary/aromatic N) is 2. The summed E-state index contributed by atoms with van der Waals surface area (Å²) in [6, 6.07) is 1.96. The second-order valence-corrected chi connectivity index (χ2v) is 8.44. The molecule has 0 radical (unpaired) electrons. The first kappa shape index (κ1) is 24.6. The maximum atomic E-state index is 14.6. The number of anilines is 2. The minimum absolute atomic E-state index is 0.00477. The summed E-state index contributed by atoms with van der Waals surface area (Å²) < 4.78 is 45.7. The lowest BCUT2D eigenvalue weighted by Gasteiger charge is -2.33. The van der Waals surface area contributed by atoms with Gasteiger partial charge in [-0.2, -0.15) is 0 Å². The Morgan fingerprint density at radius 3 is 2.52 bits per heavy atom. The first-order valence-corrected chi connectivity index (χ1v) is 9.69. The number of morpholine rings is 1. The highest BCUT2D eigenvalue weighted by atomic mass is 19.3. The van der Waals surface area contributed by atoms with Gasteiger partial charge >= 0.3 is 0 Å². The van der Waals surface area contributed by atoms with Gasteiger partial charge in [0.25, 0.3) is 18.2 Å². The van der Waals surface area contributed by atoms with Crippen LogP contribution in [0.3, 0.4) is 0 Å². The highest BCUT2D eigenvalue weighted by Gasteiger charge is 2.35. The van der Waals surface area contributed by atoms with Crippen molar-refractivity contribution in [3.8, 4) is 0 Å². The zero-order valence-corrected chi connectivity index (χ0v) is 17.7. The van der Waals surface area contributed by atoms with Crippen LogP contribution < -0.4 is 16.0 Å². The quantitative estimate of drug-likeness (QED) is 0.593. The Labute approximate surface area is 178 Å². The van der Waals surface area contributed by atoms with Gasteiger partial charge in [-0.3, -0.25) is 19.3 Å². The molecule has 1 aliphatic rings. The van der Waals surface area contributed by atoms with Gasteiger partial charge in [0.1, 0.15) is 12.4 Å². The number of carbonyl (C=O) groups excluding carboxylic acids is 3. The average Bonchev–Trinajstić information content (AvgIpc) is 2.60. The van der Waals surface area contributed by atoms with E-state index in [0.717, 1.165) is 11.0 Å². The van der Waals surface area contributed by atoms with Gasteiger partial charge in [-0.05, 0) is 23.6 Å². The van der Waals surface area contributed by atoms with E-state index in [2.05, 4.69) is 5.32 Å². The monoisotopic (exact) mass is 444 g/mol. The van der Waals surface area contributed by atoms with E-state index in [-0.39, 0.29) is 37.7 Å². The number of rotatable bonds is 8. The minimum atomic E-state index is -2.79. The van der Waals surface area contributed by atoms with Crippen LogP contribution in [0.4, 0.5) is 24.5 Å². The van der Waals surface area contributed by atoms with Crippen molar-refractivity contribution in [2.24, 2.45) is 11.1 Å². The number of ether oxygens (including phenoxy) is 1. The van der Waals surface area contributed by atoms with Crippen LogP contribution in [0.15, 0.2) is 18.2 Å². The molecule has 1 aromatic rings. The van der Waals surface area contributed by atoms with Crippen molar-refractivity contribution in [2.75, 3.05) is 43.1 Å². The number of nitrogens with one attached hydrogen (secondary N) is 1. The van der Waals surface area contributed by atoms with Gasteiger partial charge in [-0.1, -0.05) is 20.8 Å². The summed E-state index contributed by atoms with van der Waals surface area (Å²) in [4.78, 5) is 38.8. The molecule has 0 aliphatic carbocycles. The third kappa shape index (κ3) is 6.93. The molecule has 8 nitrogen and oxygen atoms in total. The van der Waals surface area contributed by atoms with Gasteiger partial charge < -0.3 is 20.7 Å². The highest BCUT2D eigenvalue weighted by molar-refractivity contribution is 6.09. The molecule has 0 saturated carbocycles. The molecule has 0 unspecified atom stereocenters. The number of primary amides is 1. The summed E-state index contributed by atoms with van der Waals surface area (Å²) in [5.41, 5.74) is 4.85. The summed E-state index contributed by atoms with van der Waals surface area (Å²) in [6.07, 6.45) is -2.79. The zero-order valence-electron chi connectivity index (χ0n) is 17.7. The number of alkyl halides is 2. The van der Waals surface area contributed by atoms with Crippen molar-refractivity contribution in [3.63, 3.8) is 0 Å². The number of benzene rings is 1. The maximum Gasteiger partial charge on any atom is 0.253 e. The molecule has 0 aromatic heterocycles. The van der Waals surface area contributed by atoms with E-state index in [0.29, 0.717) is 0 Å². The fourth-order valence-corrected chi connectivity index (χ4v) is 3.31. The zero-order chi connectivity index (χ0) is 23.3. The van der Waals surface area contributed by atoms with Crippen LogP contribution in [0.25, 0.3) is 0 Å². The van der Waals surface area contributed by atoms with Crippen LogP contribution in [0.2, 0.25) is 0 Å². The first-order chi connectivity index (χ1) is 14.4. The number of carbonyl (C=O) groups is 3. The van der Waals surface area contributed by atoms with Crippen LogP contribution in [0.5, 0.6) is 0 Å². The third-order valence-corrected chi connectivity index (χ3v) is 4.42. The standard InChI is InChI=1S/C20H27F3N4O4/c1-20(2,3)11-26(9-15(22)23)17(18(24)29)19(30)25-12-4-5-14(13(21)8-12)27-6-7-31-10-16(27)28/h4-5,8,15,17H,6-7,9-11H2,1-3H3,(H2,24,29)(H,25,30)/t17-/m0/s1. The van der Waals surface area contributed by atoms with Crippen molar-refractivity contribution >= 4 is 29.1 Å². The molecular formula is C20H27F3N4O4. The fourth-order valence-electron chi connectivity index (χ4n) is 3.31. The van der Waals surface area contributed by atoms with Crippen molar-refractivity contribution in [3.05, 3.63) is 24.0 Å². The van der Waals surface area contributed by atoms with E-state index in [9.17, 15) is 27.6 Å². The predicted octanol–water partition coefficient (Wildman–Crippen LogP) is 1.59. The van der Waals surface area contributed by atoms with Gasteiger partial charge in [0.15, 0.2) is 6.04 Å². The smallest absolute Gasteiger partial charge is 0.253 e. The van der Waals surface area contributed by atoms with E-state index < -0.39 is 48.0 Å². The molecule has 31 heavy (non-hydrogen) atoms. The summed E-state index contributed by atoms with van der Waals surface area (Å²) in [6.45, 7) is 4.76. The van der Waals surface area contributed by atoms with Gasteiger partial charge in [0.2, 0.25) is 5.91 Å². The van der Waals surface area contributed by atoms with Crippen molar-refractivity contribution < 1.29 is 32.3 Å². The summed E-state index contributed by atoms with van der Waals surface area (Å²) in [5, 5.41) is 2.35. The molecule has 3 N–H and O–H groups in total.